The highest BCUT2D eigenvalue weighted by atomic mass is 16.5. The maximum atomic E-state index is 12.0. The van der Waals surface area contributed by atoms with Crippen LogP contribution in [0.4, 0.5) is 0 Å². The molecule has 0 aromatic carbocycles. The van der Waals surface area contributed by atoms with Crippen LogP contribution in [0.3, 0.4) is 0 Å². The van der Waals surface area contributed by atoms with Crippen LogP contribution in [0, 0.1) is 5.92 Å². The zero-order valence-electron chi connectivity index (χ0n) is 19.1. The Morgan fingerprint density at radius 2 is 1.52 bits per heavy atom. The first-order valence-corrected chi connectivity index (χ1v) is 10.7. The number of hydrogen-bond donors (Lipinski definition) is 4. The van der Waals surface area contributed by atoms with Crippen LogP contribution in [-0.4, -0.2) is 84.5 Å². The van der Waals surface area contributed by atoms with Gasteiger partial charge in [-0.3, -0.25) is 19.2 Å². The van der Waals surface area contributed by atoms with Gasteiger partial charge in [0.15, 0.2) is 5.78 Å². The number of carbonyl (C=O) groups is 6. The Kier molecular flexibility index (Phi) is 16.1. The van der Waals surface area contributed by atoms with E-state index in [1.54, 1.807) is 6.92 Å². The summed E-state index contributed by atoms with van der Waals surface area (Å²) >= 11 is 0. The molecule has 0 aliphatic carbocycles. The standard InChI is InChI=1S/C21H34N2O10/c1-3-18(26)22-8-9-32-10-11-33-13-16(25)12-15(20(28)29)5-7-19(27)23-17(21(30)31)6-4-14(2)24/h15,17H,3-13H2,1-2H3,(H,22,26)(H,23,27)(H,28,29)(H,30,31)/t15-,17+/m1/s1. The molecule has 0 aromatic heterocycles. The molecule has 0 heterocycles. The van der Waals surface area contributed by atoms with Crippen molar-refractivity contribution in [3.05, 3.63) is 0 Å². The minimum Gasteiger partial charge on any atom is -0.481 e. The van der Waals surface area contributed by atoms with Crippen molar-refractivity contribution in [2.24, 2.45) is 5.92 Å². The Morgan fingerprint density at radius 1 is 0.848 bits per heavy atom. The first-order chi connectivity index (χ1) is 15.6. The largest absolute Gasteiger partial charge is 0.481 e. The van der Waals surface area contributed by atoms with E-state index in [2.05, 4.69) is 10.6 Å². The minimum absolute atomic E-state index is 0.00996. The SMILES string of the molecule is CCC(=O)NCCOCCOCC(=O)C[C@@H](CCC(=O)N[C@@H](CCC(C)=O)C(=O)O)C(=O)O. The van der Waals surface area contributed by atoms with E-state index < -0.39 is 35.6 Å². The van der Waals surface area contributed by atoms with Crippen LogP contribution in [0.1, 0.15) is 52.4 Å². The van der Waals surface area contributed by atoms with Crippen molar-refractivity contribution in [2.75, 3.05) is 33.0 Å². The Morgan fingerprint density at radius 3 is 2.09 bits per heavy atom. The highest BCUT2D eigenvalue weighted by Crippen LogP contribution is 2.13. The highest BCUT2D eigenvalue weighted by Gasteiger charge is 2.24. The zero-order valence-corrected chi connectivity index (χ0v) is 19.1. The van der Waals surface area contributed by atoms with Gasteiger partial charge in [-0.2, -0.15) is 0 Å². The van der Waals surface area contributed by atoms with E-state index in [4.69, 9.17) is 14.6 Å². The second-order valence-corrected chi connectivity index (χ2v) is 7.38. The number of aliphatic carboxylic acids is 2. The Hall–Kier alpha value is -2.86. The van der Waals surface area contributed by atoms with Gasteiger partial charge >= 0.3 is 11.9 Å². The van der Waals surface area contributed by atoms with E-state index in [1.807, 2.05) is 0 Å². The van der Waals surface area contributed by atoms with E-state index in [0.717, 1.165) is 0 Å². The Bertz CT molecular complexity index is 680. The van der Waals surface area contributed by atoms with Crippen molar-refractivity contribution in [2.45, 2.75) is 58.4 Å². The summed E-state index contributed by atoms with van der Waals surface area (Å²) in [5.74, 6) is -5.09. The fraction of sp³-hybridized carbons (Fsp3) is 0.714. The summed E-state index contributed by atoms with van der Waals surface area (Å²) in [6.07, 6.45) is -0.456. The van der Waals surface area contributed by atoms with Gasteiger partial charge < -0.3 is 35.1 Å². The van der Waals surface area contributed by atoms with Gasteiger partial charge in [0.2, 0.25) is 11.8 Å². The van der Waals surface area contributed by atoms with Crippen molar-refractivity contribution in [3.8, 4) is 0 Å². The van der Waals surface area contributed by atoms with Gasteiger partial charge in [0.1, 0.15) is 18.4 Å². The second kappa shape index (κ2) is 17.7. The summed E-state index contributed by atoms with van der Waals surface area (Å²) < 4.78 is 10.4. The topological polar surface area (TPSA) is 185 Å². The first kappa shape index (κ1) is 30.1. The number of ketones is 2. The molecular formula is C21H34N2O10. The van der Waals surface area contributed by atoms with Crippen molar-refractivity contribution >= 4 is 35.3 Å². The molecule has 12 heteroatoms. The molecule has 33 heavy (non-hydrogen) atoms. The molecule has 0 aliphatic heterocycles. The Balaban J connectivity index is 4.21. The lowest BCUT2D eigenvalue weighted by atomic mass is 9.97. The molecule has 0 aromatic rings. The molecule has 12 nitrogen and oxygen atoms in total. The van der Waals surface area contributed by atoms with E-state index in [1.165, 1.54) is 6.92 Å². The van der Waals surface area contributed by atoms with E-state index >= 15 is 0 Å². The average molecular weight is 475 g/mol. The zero-order chi connectivity index (χ0) is 25.2. The van der Waals surface area contributed by atoms with Crippen LogP contribution in [0.25, 0.3) is 0 Å². The minimum atomic E-state index is -1.29. The molecule has 0 fully saturated rings. The maximum Gasteiger partial charge on any atom is 0.326 e. The van der Waals surface area contributed by atoms with Crippen molar-refractivity contribution in [1.82, 2.24) is 10.6 Å². The average Bonchev–Trinajstić information content (AvgIpc) is 2.74. The molecule has 2 amide bonds. The summed E-state index contributed by atoms with van der Waals surface area (Å²) in [4.78, 5) is 68.6. The van der Waals surface area contributed by atoms with Gasteiger partial charge in [-0.05, 0) is 19.8 Å². The molecule has 0 spiro atoms. The monoisotopic (exact) mass is 474 g/mol. The number of amides is 2. The number of carboxylic acids is 2. The molecule has 2 atom stereocenters. The van der Waals surface area contributed by atoms with Crippen molar-refractivity contribution in [1.29, 1.82) is 0 Å². The lowest BCUT2D eigenvalue weighted by Gasteiger charge is -2.15. The lowest BCUT2D eigenvalue weighted by molar-refractivity contribution is -0.145. The fourth-order valence-electron chi connectivity index (χ4n) is 2.62. The summed E-state index contributed by atoms with van der Waals surface area (Å²) in [5.41, 5.74) is 0. The molecule has 0 rings (SSSR count). The summed E-state index contributed by atoms with van der Waals surface area (Å²) in [6, 6.07) is -1.25. The third-order valence-electron chi connectivity index (χ3n) is 4.49. The number of carboxylic acid groups (broad SMARTS) is 2. The molecule has 0 radical (unpaired) electrons. The molecule has 0 saturated carbocycles. The highest BCUT2D eigenvalue weighted by molar-refractivity contribution is 5.86. The number of carbonyl (C=O) groups excluding carboxylic acids is 4. The van der Waals surface area contributed by atoms with Gasteiger partial charge in [-0.1, -0.05) is 6.92 Å². The van der Waals surface area contributed by atoms with E-state index in [-0.39, 0.29) is 63.6 Å². The lowest BCUT2D eigenvalue weighted by Crippen LogP contribution is -2.41. The molecule has 0 aliphatic rings. The predicted molar refractivity (Wildman–Crippen MR) is 114 cm³/mol. The van der Waals surface area contributed by atoms with Gasteiger partial charge in [0.05, 0.1) is 25.7 Å². The van der Waals surface area contributed by atoms with Crippen molar-refractivity contribution in [3.63, 3.8) is 0 Å². The number of Topliss-reactive ketones (excluding diaryl/α,β-unsaturated/α-hetero) is 2. The summed E-state index contributed by atoms with van der Waals surface area (Å²) in [7, 11) is 0. The summed E-state index contributed by atoms with van der Waals surface area (Å²) in [6.45, 7) is 3.71. The quantitative estimate of drug-likeness (QED) is 0.174. The molecule has 0 saturated heterocycles. The third-order valence-corrected chi connectivity index (χ3v) is 4.49. The van der Waals surface area contributed by atoms with E-state index in [0.29, 0.717) is 19.6 Å². The second-order valence-electron chi connectivity index (χ2n) is 7.38. The van der Waals surface area contributed by atoms with Crippen LogP contribution in [0.15, 0.2) is 0 Å². The molecule has 0 unspecified atom stereocenters. The number of ether oxygens (including phenoxy) is 2. The predicted octanol–water partition coefficient (Wildman–Crippen LogP) is -0.0754. The van der Waals surface area contributed by atoms with Crippen LogP contribution in [-0.2, 0) is 38.2 Å². The summed E-state index contributed by atoms with van der Waals surface area (Å²) in [5, 5.41) is 23.3. The van der Waals surface area contributed by atoms with Crippen LogP contribution in [0.5, 0.6) is 0 Å². The number of hydrogen-bond acceptors (Lipinski definition) is 8. The Labute approximate surface area is 192 Å². The molecule has 4 N–H and O–H groups in total. The van der Waals surface area contributed by atoms with Crippen molar-refractivity contribution < 1.29 is 48.5 Å². The number of rotatable bonds is 20. The van der Waals surface area contributed by atoms with Crippen LogP contribution < -0.4 is 10.6 Å². The van der Waals surface area contributed by atoms with Gasteiger partial charge in [0.25, 0.3) is 0 Å². The molecular weight excluding hydrogens is 440 g/mol. The van der Waals surface area contributed by atoms with Crippen LogP contribution in [0.2, 0.25) is 0 Å². The number of nitrogens with one attached hydrogen (secondary N) is 2. The third kappa shape index (κ3) is 16.4. The fourth-order valence-corrected chi connectivity index (χ4v) is 2.62. The van der Waals surface area contributed by atoms with Gasteiger partial charge in [0, 0.05) is 32.2 Å². The first-order valence-electron chi connectivity index (χ1n) is 10.7. The van der Waals surface area contributed by atoms with Crippen LogP contribution >= 0.6 is 0 Å². The van der Waals surface area contributed by atoms with Gasteiger partial charge in [-0.25, -0.2) is 4.79 Å². The maximum absolute atomic E-state index is 12.0. The molecule has 0 bridgehead atoms. The molecule has 188 valence electrons. The van der Waals surface area contributed by atoms with E-state index in [9.17, 15) is 33.9 Å². The normalized spacial score (nSPS) is 12.4. The smallest absolute Gasteiger partial charge is 0.326 e. The van der Waals surface area contributed by atoms with Gasteiger partial charge in [-0.15, -0.1) is 0 Å².